The third kappa shape index (κ3) is 3.74. The molecule has 3 amide bonds. The maximum absolute atomic E-state index is 12.8. The molecule has 2 aromatic heterocycles. The molecule has 1 atom stereocenters. The largest absolute Gasteiger partial charge is 0.369 e. The Morgan fingerprint density at radius 2 is 1.97 bits per heavy atom. The number of primary amides is 1. The second kappa shape index (κ2) is 7.35. The normalized spacial score (nSPS) is 18.7. The van der Waals surface area contributed by atoms with Gasteiger partial charge in [0.05, 0.1) is 11.5 Å². The summed E-state index contributed by atoms with van der Waals surface area (Å²) in [7, 11) is 1.98. The summed E-state index contributed by atoms with van der Waals surface area (Å²) in [4.78, 5) is 42.7. The average Bonchev–Trinajstić information content (AvgIpc) is 3.33. The van der Waals surface area contributed by atoms with Crippen molar-refractivity contribution < 1.29 is 14.4 Å². The van der Waals surface area contributed by atoms with Crippen molar-refractivity contribution in [2.45, 2.75) is 32.1 Å². The lowest BCUT2D eigenvalue weighted by atomic mass is 10.1. The van der Waals surface area contributed by atoms with Gasteiger partial charge < -0.3 is 20.5 Å². The molecule has 152 valence electrons. The van der Waals surface area contributed by atoms with Crippen LogP contribution in [0.1, 0.15) is 57.3 Å². The second-order valence-corrected chi connectivity index (χ2v) is 7.92. The zero-order chi connectivity index (χ0) is 20.7. The minimum Gasteiger partial charge on any atom is -0.369 e. The first-order chi connectivity index (χ1) is 13.8. The fourth-order valence-corrected chi connectivity index (χ4v) is 3.90. The topological polar surface area (TPSA) is 110 Å². The fourth-order valence-electron chi connectivity index (χ4n) is 3.90. The molecule has 1 saturated heterocycles. The molecule has 8 heteroatoms. The Kier molecular flexibility index (Phi) is 4.86. The molecule has 3 heterocycles. The average molecular weight is 395 g/mol. The van der Waals surface area contributed by atoms with Crippen molar-refractivity contribution in [3.05, 3.63) is 46.9 Å². The number of likely N-dealkylation sites (tertiary alicyclic amines) is 1. The second-order valence-electron chi connectivity index (χ2n) is 7.92. The molecule has 0 bridgehead atoms. The summed E-state index contributed by atoms with van der Waals surface area (Å²) in [5.41, 5.74) is 8.48. The van der Waals surface area contributed by atoms with Gasteiger partial charge in [0.1, 0.15) is 5.82 Å². The number of nitrogens with two attached hydrogens (primary N) is 1. The van der Waals surface area contributed by atoms with E-state index in [-0.39, 0.29) is 23.6 Å². The highest BCUT2D eigenvalue weighted by Crippen LogP contribution is 2.41. The van der Waals surface area contributed by atoms with Gasteiger partial charge in [0, 0.05) is 43.3 Å². The van der Waals surface area contributed by atoms with E-state index in [9.17, 15) is 14.4 Å². The minimum atomic E-state index is -0.383. The monoisotopic (exact) mass is 395 g/mol. The fraction of sp³-hybridized carbons (Fsp3) is 0.429. The molecule has 2 aliphatic rings. The van der Waals surface area contributed by atoms with Gasteiger partial charge >= 0.3 is 0 Å². The van der Waals surface area contributed by atoms with E-state index in [0.29, 0.717) is 42.4 Å². The number of pyridine rings is 1. The Morgan fingerprint density at radius 3 is 2.62 bits per heavy atom. The molecule has 0 spiro atoms. The summed E-state index contributed by atoms with van der Waals surface area (Å²) in [6.45, 7) is 2.74. The van der Waals surface area contributed by atoms with E-state index in [4.69, 9.17) is 5.73 Å². The molecule has 0 unspecified atom stereocenters. The summed E-state index contributed by atoms with van der Waals surface area (Å²) in [6.07, 6.45) is 4.40. The van der Waals surface area contributed by atoms with E-state index >= 15 is 0 Å². The highest BCUT2D eigenvalue weighted by Gasteiger charge is 2.31. The number of nitrogens with one attached hydrogen (secondary N) is 1. The van der Waals surface area contributed by atoms with Gasteiger partial charge in [-0.15, -0.1) is 0 Å². The highest BCUT2D eigenvalue weighted by atomic mass is 16.2. The molecule has 0 aromatic carbocycles. The van der Waals surface area contributed by atoms with Gasteiger partial charge in [0.15, 0.2) is 0 Å². The summed E-state index contributed by atoms with van der Waals surface area (Å²) < 4.78 is 2.07. The van der Waals surface area contributed by atoms with E-state index in [1.165, 1.54) is 11.9 Å². The van der Waals surface area contributed by atoms with Crippen molar-refractivity contribution in [3.8, 4) is 0 Å². The van der Waals surface area contributed by atoms with Crippen LogP contribution in [0.4, 0.5) is 5.82 Å². The third-order valence-electron chi connectivity index (χ3n) is 5.94. The standard InChI is InChI=1S/C21H25N5O3/c1-12-16(10-17(25(12)2)13-3-4-13)20(28)24-18-9-14(5-7-23-18)21(29)26-8-6-15(11-26)19(22)27/h5,7,9-10,13,15H,3-4,6,8,11H2,1-2H3,(H2,22,27)(H,23,24,28)/t15-/m0/s1. The number of carbonyl (C=O) groups is 3. The summed E-state index contributed by atoms with van der Waals surface area (Å²) in [5, 5.41) is 2.80. The predicted octanol–water partition coefficient (Wildman–Crippen LogP) is 1.81. The quantitative estimate of drug-likeness (QED) is 0.804. The van der Waals surface area contributed by atoms with Crippen LogP contribution in [0, 0.1) is 12.8 Å². The molecular weight excluding hydrogens is 370 g/mol. The van der Waals surface area contributed by atoms with Crippen LogP contribution in [-0.4, -0.2) is 45.3 Å². The van der Waals surface area contributed by atoms with Crippen LogP contribution in [0.15, 0.2) is 24.4 Å². The first-order valence-electron chi connectivity index (χ1n) is 9.87. The zero-order valence-corrected chi connectivity index (χ0v) is 16.6. The number of rotatable bonds is 5. The van der Waals surface area contributed by atoms with E-state index in [0.717, 1.165) is 18.5 Å². The van der Waals surface area contributed by atoms with E-state index in [1.54, 1.807) is 17.0 Å². The van der Waals surface area contributed by atoms with Crippen molar-refractivity contribution in [3.63, 3.8) is 0 Å². The van der Waals surface area contributed by atoms with Gasteiger partial charge in [0.25, 0.3) is 11.8 Å². The molecule has 4 rings (SSSR count). The van der Waals surface area contributed by atoms with Crippen LogP contribution in [0.5, 0.6) is 0 Å². The molecule has 2 fully saturated rings. The first-order valence-corrected chi connectivity index (χ1v) is 9.87. The van der Waals surface area contributed by atoms with Gasteiger partial charge in [-0.2, -0.15) is 0 Å². The van der Waals surface area contributed by atoms with Crippen LogP contribution in [0.3, 0.4) is 0 Å². The first kappa shape index (κ1) is 19.2. The molecule has 29 heavy (non-hydrogen) atoms. The van der Waals surface area contributed by atoms with Gasteiger partial charge in [-0.3, -0.25) is 14.4 Å². The van der Waals surface area contributed by atoms with Gasteiger partial charge in [-0.05, 0) is 50.3 Å². The number of amides is 3. The lowest BCUT2D eigenvalue weighted by Crippen LogP contribution is -2.31. The Bertz CT molecular complexity index is 992. The minimum absolute atomic E-state index is 0.196. The van der Waals surface area contributed by atoms with E-state index in [2.05, 4.69) is 14.9 Å². The maximum atomic E-state index is 12.8. The lowest BCUT2D eigenvalue weighted by Gasteiger charge is -2.16. The van der Waals surface area contributed by atoms with Crippen LogP contribution >= 0.6 is 0 Å². The van der Waals surface area contributed by atoms with E-state index in [1.807, 2.05) is 20.0 Å². The molecule has 8 nitrogen and oxygen atoms in total. The molecule has 1 aliphatic heterocycles. The Labute approximate surface area is 169 Å². The predicted molar refractivity (Wildman–Crippen MR) is 108 cm³/mol. The Morgan fingerprint density at radius 1 is 1.21 bits per heavy atom. The molecule has 2 aromatic rings. The molecule has 1 saturated carbocycles. The van der Waals surface area contributed by atoms with Crippen LogP contribution in [0.25, 0.3) is 0 Å². The summed E-state index contributed by atoms with van der Waals surface area (Å²) in [5.74, 6) is -0.254. The Balaban J connectivity index is 1.48. The van der Waals surface area contributed by atoms with Crippen molar-refractivity contribution in [1.29, 1.82) is 0 Å². The van der Waals surface area contributed by atoms with Gasteiger partial charge in [-0.1, -0.05) is 0 Å². The number of carbonyl (C=O) groups excluding carboxylic acids is 3. The zero-order valence-electron chi connectivity index (χ0n) is 16.6. The smallest absolute Gasteiger partial charge is 0.258 e. The van der Waals surface area contributed by atoms with E-state index < -0.39 is 0 Å². The van der Waals surface area contributed by atoms with Crippen LogP contribution in [0.2, 0.25) is 0 Å². The summed E-state index contributed by atoms with van der Waals surface area (Å²) >= 11 is 0. The van der Waals surface area contributed by atoms with Crippen molar-refractivity contribution >= 4 is 23.5 Å². The number of aromatic nitrogens is 2. The number of hydrogen-bond acceptors (Lipinski definition) is 4. The molecule has 3 N–H and O–H groups in total. The van der Waals surface area contributed by atoms with Crippen molar-refractivity contribution in [2.24, 2.45) is 18.7 Å². The Hall–Kier alpha value is -3.16. The van der Waals surface area contributed by atoms with Gasteiger partial charge in [0.2, 0.25) is 5.91 Å². The third-order valence-corrected chi connectivity index (χ3v) is 5.94. The van der Waals surface area contributed by atoms with Crippen LogP contribution < -0.4 is 11.1 Å². The van der Waals surface area contributed by atoms with Gasteiger partial charge in [-0.25, -0.2) is 4.98 Å². The highest BCUT2D eigenvalue weighted by molar-refractivity contribution is 6.05. The lowest BCUT2D eigenvalue weighted by molar-refractivity contribution is -0.121. The van der Waals surface area contributed by atoms with Crippen LogP contribution in [-0.2, 0) is 11.8 Å². The van der Waals surface area contributed by atoms with Crippen molar-refractivity contribution in [2.75, 3.05) is 18.4 Å². The summed E-state index contributed by atoms with van der Waals surface area (Å²) in [6, 6.07) is 5.12. The number of anilines is 1. The molecule has 1 aliphatic carbocycles. The molecular formula is C21H25N5O3. The number of hydrogen-bond donors (Lipinski definition) is 2. The maximum Gasteiger partial charge on any atom is 0.258 e. The SMILES string of the molecule is Cc1c(C(=O)Nc2cc(C(=O)N3CC[C@H](C(N)=O)C3)ccn2)cc(C2CC2)n1C. The van der Waals surface area contributed by atoms with Crippen molar-refractivity contribution in [1.82, 2.24) is 14.5 Å². The molecule has 0 radical (unpaired) electrons. The number of nitrogens with zero attached hydrogens (tertiary/aromatic N) is 3.